The second-order valence-corrected chi connectivity index (χ2v) is 7.82. The molecule has 2 nitrogen and oxygen atoms in total. The summed E-state index contributed by atoms with van der Waals surface area (Å²) in [6.45, 7) is 0.763. The van der Waals surface area contributed by atoms with Crippen LogP contribution in [0.2, 0.25) is 0 Å². The lowest BCUT2D eigenvalue weighted by Crippen LogP contribution is -2.39. The van der Waals surface area contributed by atoms with Crippen molar-refractivity contribution in [1.29, 1.82) is 0 Å². The Kier molecular flexibility index (Phi) is 1.10. The topological polar surface area (TPSA) is 26.3 Å². The van der Waals surface area contributed by atoms with Gasteiger partial charge in [0.1, 0.15) is 0 Å². The van der Waals surface area contributed by atoms with Crippen LogP contribution in [0.4, 0.5) is 0 Å². The Morgan fingerprint density at radius 3 is 3.00 bits per heavy atom. The van der Waals surface area contributed by atoms with Gasteiger partial charge in [0.2, 0.25) is 0 Å². The van der Waals surface area contributed by atoms with Crippen molar-refractivity contribution < 1.29 is 9.53 Å². The summed E-state index contributed by atoms with van der Waals surface area (Å²) >= 11 is 0. The van der Waals surface area contributed by atoms with Crippen molar-refractivity contribution in [3.63, 3.8) is 0 Å². The van der Waals surface area contributed by atoms with Crippen molar-refractivity contribution in [2.75, 3.05) is 6.61 Å². The lowest BCUT2D eigenvalue weighted by atomic mass is 9.64. The van der Waals surface area contributed by atoms with Crippen LogP contribution in [0.25, 0.3) is 0 Å². The van der Waals surface area contributed by atoms with Crippen LogP contribution in [0, 0.1) is 52.8 Å². The first-order chi connectivity index (χ1) is 8.29. The number of rotatable bonds is 0. The predicted molar refractivity (Wildman–Crippen MR) is 59.8 cm³/mol. The highest BCUT2D eigenvalue weighted by Crippen LogP contribution is 2.84. The minimum absolute atomic E-state index is 0.161. The van der Waals surface area contributed by atoms with Gasteiger partial charge in [0.05, 0.1) is 12.5 Å². The van der Waals surface area contributed by atoms with Gasteiger partial charge in [-0.1, -0.05) is 0 Å². The molecule has 1 heterocycles. The summed E-state index contributed by atoms with van der Waals surface area (Å²) in [5, 5.41) is 0. The Labute approximate surface area is 101 Å². The quantitative estimate of drug-likeness (QED) is 0.596. The van der Waals surface area contributed by atoms with Crippen molar-refractivity contribution in [2.24, 2.45) is 52.8 Å². The number of fused-ring (bicyclic) bond motifs is 10. The van der Waals surface area contributed by atoms with E-state index in [-0.39, 0.29) is 5.97 Å². The van der Waals surface area contributed by atoms with E-state index in [2.05, 4.69) is 0 Å². The van der Waals surface area contributed by atoms with E-state index in [4.69, 9.17) is 4.74 Å². The first kappa shape index (κ1) is 8.55. The fourth-order valence-corrected chi connectivity index (χ4v) is 7.63. The molecule has 9 unspecified atom stereocenters. The van der Waals surface area contributed by atoms with E-state index in [1.807, 2.05) is 0 Å². The Hall–Kier alpha value is -0.530. The molecule has 6 aliphatic rings. The van der Waals surface area contributed by atoms with Crippen LogP contribution >= 0.6 is 0 Å². The lowest BCUT2D eigenvalue weighted by molar-refractivity contribution is -0.143. The standard InChI is InChI=1S/C15H18O2/c16-14-12-9-2-8(10(12)5-17-14)13-11(9)6-1-7-4-15(7,13)3-6/h6-13H,1-5H2. The fourth-order valence-electron chi connectivity index (χ4n) is 7.63. The second kappa shape index (κ2) is 2.19. The van der Waals surface area contributed by atoms with Crippen molar-refractivity contribution in [3.05, 3.63) is 0 Å². The van der Waals surface area contributed by atoms with E-state index >= 15 is 0 Å². The Morgan fingerprint density at radius 2 is 2.06 bits per heavy atom. The number of esters is 1. The van der Waals surface area contributed by atoms with E-state index in [0.29, 0.717) is 11.8 Å². The Bertz CT molecular complexity index is 458. The molecule has 6 rings (SSSR count). The summed E-state index contributed by atoms with van der Waals surface area (Å²) in [4.78, 5) is 11.9. The molecule has 1 saturated heterocycles. The largest absolute Gasteiger partial charge is 0.465 e. The molecule has 0 aromatic heterocycles. The molecule has 0 N–H and O–H groups in total. The fraction of sp³-hybridized carbons (Fsp3) is 0.933. The van der Waals surface area contributed by atoms with Crippen molar-refractivity contribution >= 4 is 5.97 Å². The van der Waals surface area contributed by atoms with E-state index in [1.165, 1.54) is 19.3 Å². The van der Waals surface area contributed by atoms with Crippen molar-refractivity contribution in [2.45, 2.75) is 25.7 Å². The molecule has 0 aromatic carbocycles. The van der Waals surface area contributed by atoms with Gasteiger partial charge in [-0.2, -0.15) is 0 Å². The molecule has 0 radical (unpaired) electrons. The summed E-state index contributed by atoms with van der Waals surface area (Å²) in [5.41, 5.74) is 0.797. The molecule has 0 aromatic rings. The van der Waals surface area contributed by atoms with Crippen molar-refractivity contribution in [3.8, 4) is 0 Å². The van der Waals surface area contributed by atoms with E-state index in [1.54, 1.807) is 6.42 Å². The van der Waals surface area contributed by atoms with Gasteiger partial charge in [-0.05, 0) is 66.6 Å². The number of hydrogen-bond donors (Lipinski definition) is 0. The number of carbonyl (C=O) groups is 1. The maximum absolute atomic E-state index is 11.9. The van der Waals surface area contributed by atoms with Gasteiger partial charge in [0, 0.05) is 5.92 Å². The van der Waals surface area contributed by atoms with Gasteiger partial charge >= 0.3 is 5.97 Å². The molecule has 90 valence electrons. The highest BCUT2D eigenvalue weighted by Gasteiger charge is 2.79. The van der Waals surface area contributed by atoms with Gasteiger partial charge in [0.25, 0.3) is 0 Å². The SMILES string of the molecule is O=C1OCC2C3CC(C12)C1C2CC4CC4(C2)C31. The van der Waals surface area contributed by atoms with Crippen LogP contribution in [0.5, 0.6) is 0 Å². The van der Waals surface area contributed by atoms with E-state index in [9.17, 15) is 4.79 Å². The molecule has 9 atom stereocenters. The van der Waals surface area contributed by atoms with Gasteiger partial charge in [0.15, 0.2) is 0 Å². The molecule has 0 amide bonds. The summed E-state index contributed by atoms with van der Waals surface area (Å²) < 4.78 is 5.36. The Morgan fingerprint density at radius 1 is 1.12 bits per heavy atom. The normalized spacial score (nSPS) is 72.4. The van der Waals surface area contributed by atoms with Crippen LogP contribution in [-0.2, 0) is 9.53 Å². The van der Waals surface area contributed by atoms with Crippen LogP contribution in [0.1, 0.15) is 25.7 Å². The highest BCUT2D eigenvalue weighted by molar-refractivity contribution is 5.76. The molecule has 5 saturated carbocycles. The predicted octanol–water partition coefficient (Wildman–Crippen LogP) is 2.09. The smallest absolute Gasteiger partial charge is 0.309 e. The maximum Gasteiger partial charge on any atom is 0.309 e. The van der Waals surface area contributed by atoms with Crippen LogP contribution in [-0.4, -0.2) is 12.6 Å². The lowest BCUT2D eigenvalue weighted by Gasteiger charge is -2.38. The van der Waals surface area contributed by atoms with Gasteiger partial charge in [-0.25, -0.2) is 0 Å². The third-order valence-corrected chi connectivity index (χ3v) is 7.79. The molecular weight excluding hydrogens is 212 g/mol. The number of hydrogen-bond acceptors (Lipinski definition) is 2. The van der Waals surface area contributed by atoms with Gasteiger partial charge < -0.3 is 4.74 Å². The molecule has 1 spiro atoms. The first-order valence-electron chi connectivity index (χ1n) is 7.46. The first-order valence-corrected chi connectivity index (χ1v) is 7.46. The zero-order valence-electron chi connectivity index (χ0n) is 9.97. The highest BCUT2D eigenvalue weighted by atomic mass is 16.5. The zero-order chi connectivity index (χ0) is 10.9. The second-order valence-electron chi connectivity index (χ2n) is 7.82. The third kappa shape index (κ3) is 0.675. The minimum Gasteiger partial charge on any atom is -0.465 e. The zero-order valence-corrected chi connectivity index (χ0v) is 9.97. The maximum atomic E-state index is 11.9. The van der Waals surface area contributed by atoms with E-state index < -0.39 is 0 Å². The molecule has 2 heteroatoms. The minimum atomic E-state index is 0.161. The van der Waals surface area contributed by atoms with Crippen molar-refractivity contribution in [1.82, 2.24) is 0 Å². The molecule has 4 bridgehead atoms. The summed E-state index contributed by atoms with van der Waals surface area (Å²) in [6, 6.07) is 0. The number of cyclic esters (lactones) is 1. The van der Waals surface area contributed by atoms with Gasteiger partial charge in [-0.3, -0.25) is 4.79 Å². The monoisotopic (exact) mass is 230 g/mol. The molecule has 1 aliphatic heterocycles. The molecular formula is C15H18O2. The Balaban J connectivity index is 1.51. The number of ether oxygens (including phenoxy) is 1. The molecule has 5 aliphatic carbocycles. The van der Waals surface area contributed by atoms with Crippen LogP contribution in [0.3, 0.4) is 0 Å². The third-order valence-electron chi connectivity index (χ3n) is 7.79. The summed E-state index contributed by atoms with van der Waals surface area (Å²) in [5.74, 6) is 6.78. The van der Waals surface area contributed by atoms with E-state index in [0.717, 1.165) is 47.5 Å². The average molecular weight is 230 g/mol. The average Bonchev–Trinajstić information content (AvgIpc) is 2.82. The number of carbonyl (C=O) groups excluding carboxylic acids is 1. The van der Waals surface area contributed by atoms with Crippen LogP contribution < -0.4 is 0 Å². The summed E-state index contributed by atoms with van der Waals surface area (Å²) in [6.07, 6.45) is 5.97. The molecule has 6 fully saturated rings. The van der Waals surface area contributed by atoms with Crippen LogP contribution in [0.15, 0.2) is 0 Å². The molecule has 17 heavy (non-hydrogen) atoms. The summed E-state index contributed by atoms with van der Waals surface area (Å²) in [7, 11) is 0. The van der Waals surface area contributed by atoms with Gasteiger partial charge in [-0.15, -0.1) is 0 Å².